The molecular weight excluding hydrogens is 397 g/mol. The molecule has 0 radical (unpaired) electrons. The number of hydrogen-bond donors (Lipinski definition) is 2. The van der Waals surface area contributed by atoms with E-state index in [1.165, 1.54) is 0 Å². The molecule has 3 rings (SSSR count). The van der Waals surface area contributed by atoms with Gasteiger partial charge in [-0.2, -0.15) is 0 Å². The largest absolute Gasteiger partial charge is 0.356 e. The molecule has 1 aromatic carbocycles. The third kappa shape index (κ3) is 6.06. The molecular formula is C20H29Cl2N5O. The zero-order valence-corrected chi connectivity index (χ0v) is 17.9. The normalized spacial score (nSPS) is 15.2. The van der Waals surface area contributed by atoms with Gasteiger partial charge in [0, 0.05) is 30.9 Å². The molecule has 1 aliphatic rings. The van der Waals surface area contributed by atoms with Gasteiger partial charge in [-0.25, -0.2) is 9.97 Å². The molecule has 1 amide bonds. The van der Waals surface area contributed by atoms with E-state index < -0.39 is 6.04 Å². The summed E-state index contributed by atoms with van der Waals surface area (Å²) in [5.41, 5.74) is 9.17. The van der Waals surface area contributed by atoms with Crippen molar-refractivity contribution in [3.63, 3.8) is 0 Å². The lowest BCUT2D eigenvalue weighted by Gasteiger charge is -2.33. The molecule has 6 nitrogen and oxygen atoms in total. The van der Waals surface area contributed by atoms with Crippen molar-refractivity contribution in [2.24, 2.45) is 5.73 Å². The zero-order valence-electron chi connectivity index (χ0n) is 16.3. The lowest BCUT2D eigenvalue weighted by molar-refractivity contribution is -0.123. The second kappa shape index (κ2) is 11.2. The predicted molar refractivity (Wildman–Crippen MR) is 117 cm³/mol. The Bertz CT molecular complexity index is 749. The average Bonchev–Trinajstić information content (AvgIpc) is 2.68. The lowest BCUT2D eigenvalue weighted by atomic mass is 10.0. The van der Waals surface area contributed by atoms with Gasteiger partial charge in [0.1, 0.15) is 18.2 Å². The van der Waals surface area contributed by atoms with Crippen molar-refractivity contribution in [2.75, 3.05) is 18.0 Å². The van der Waals surface area contributed by atoms with Crippen LogP contribution >= 0.6 is 24.8 Å². The molecule has 1 saturated heterocycles. The van der Waals surface area contributed by atoms with Crippen LogP contribution in [0, 0.1) is 6.92 Å². The van der Waals surface area contributed by atoms with Crippen LogP contribution in [0.1, 0.15) is 42.6 Å². The Morgan fingerprint density at radius 1 is 1.21 bits per heavy atom. The number of nitrogens with one attached hydrogen (secondary N) is 1. The number of nitrogens with two attached hydrogens (primary N) is 1. The molecule has 28 heavy (non-hydrogen) atoms. The summed E-state index contributed by atoms with van der Waals surface area (Å²) in [6.07, 6.45) is 4.30. The molecule has 1 aliphatic heterocycles. The molecule has 154 valence electrons. The minimum absolute atomic E-state index is 0. The molecule has 0 saturated carbocycles. The number of piperidine rings is 1. The van der Waals surface area contributed by atoms with E-state index in [1.807, 2.05) is 37.3 Å². The first-order valence-corrected chi connectivity index (χ1v) is 9.25. The number of anilines is 1. The average molecular weight is 426 g/mol. The Kier molecular flexibility index (Phi) is 9.65. The third-order valence-electron chi connectivity index (χ3n) is 4.96. The molecule has 0 aliphatic carbocycles. The monoisotopic (exact) mass is 425 g/mol. The molecule has 0 bridgehead atoms. The van der Waals surface area contributed by atoms with Crippen LogP contribution in [0.4, 0.5) is 5.82 Å². The summed E-state index contributed by atoms with van der Waals surface area (Å²) >= 11 is 0. The van der Waals surface area contributed by atoms with Crippen LogP contribution in [0.3, 0.4) is 0 Å². The second-order valence-corrected chi connectivity index (χ2v) is 6.88. The molecule has 3 N–H and O–H groups in total. The number of nitrogens with zero attached hydrogens (tertiary/aromatic N) is 3. The molecule has 1 aromatic heterocycles. The van der Waals surface area contributed by atoms with Gasteiger partial charge >= 0.3 is 0 Å². The van der Waals surface area contributed by atoms with E-state index in [1.54, 1.807) is 6.33 Å². The highest BCUT2D eigenvalue weighted by atomic mass is 35.5. The van der Waals surface area contributed by atoms with E-state index in [2.05, 4.69) is 27.1 Å². The first-order chi connectivity index (χ1) is 12.6. The summed E-state index contributed by atoms with van der Waals surface area (Å²) in [4.78, 5) is 23.3. The maximum absolute atomic E-state index is 12.5. The Morgan fingerprint density at radius 2 is 1.86 bits per heavy atom. The standard InChI is InChI=1S/C20H27N5O.2ClH/c1-3-16-12-18(23-13-22-16)25-10-8-17(9-11-25)24-20(26)19(21)15-6-4-14(2)5-7-15;;/h4-7,12-13,17,19H,3,8-11,21H2,1-2H3,(H,24,26);2*1H. The molecule has 1 atom stereocenters. The fraction of sp³-hybridized carbons (Fsp3) is 0.450. The number of carbonyl (C=O) groups is 1. The van der Waals surface area contributed by atoms with Crippen molar-refractivity contribution < 1.29 is 4.79 Å². The van der Waals surface area contributed by atoms with Gasteiger partial charge in [0.2, 0.25) is 5.91 Å². The maximum Gasteiger partial charge on any atom is 0.241 e. The summed E-state index contributed by atoms with van der Waals surface area (Å²) in [5, 5.41) is 3.10. The van der Waals surface area contributed by atoms with Gasteiger partial charge in [0.05, 0.1) is 0 Å². The van der Waals surface area contributed by atoms with E-state index in [9.17, 15) is 4.79 Å². The first kappa shape index (κ1) is 24.1. The van der Waals surface area contributed by atoms with Crippen molar-refractivity contribution in [1.29, 1.82) is 0 Å². The zero-order chi connectivity index (χ0) is 18.5. The van der Waals surface area contributed by atoms with Crippen molar-refractivity contribution in [3.8, 4) is 0 Å². The van der Waals surface area contributed by atoms with Crippen molar-refractivity contribution in [2.45, 2.75) is 45.2 Å². The fourth-order valence-corrected chi connectivity index (χ4v) is 3.22. The number of amides is 1. The highest BCUT2D eigenvalue weighted by Crippen LogP contribution is 2.19. The Balaban J connectivity index is 0.00000196. The fourth-order valence-electron chi connectivity index (χ4n) is 3.22. The number of halogens is 2. The highest BCUT2D eigenvalue weighted by Gasteiger charge is 2.24. The number of carbonyl (C=O) groups excluding carboxylic acids is 1. The summed E-state index contributed by atoms with van der Waals surface area (Å²) in [6.45, 7) is 5.84. The van der Waals surface area contributed by atoms with E-state index in [4.69, 9.17) is 5.73 Å². The van der Waals surface area contributed by atoms with Crippen LogP contribution in [0.2, 0.25) is 0 Å². The van der Waals surface area contributed by atoms with Crippen molar-refractivity contribution >= 4 is 36.5 Å². The predicted octanol–water partition coefficient (Wildman–Crippen LogP) is 2.98. The number of aromatic nitrogens is 2. The molecule has 2 heterocycles. The number of rotatable bonds is 5. The van der Waals surface area contributed by atoms with E-state index in [-0.39, 0.29) is 36.8 Å². The van der Waals surface area contributed by atoms with E-state index in [0.717, 1.165) is 55.0 Å². The minimum Gasteiger partial charge on any atom is -0.356 e. The Labute approximate surface area is 179 Å². The second-order valence-electron chi connectivity index (χ2n) is 6.88. The number of hydrogen-bond acceptors (Lipinski definition) is 5. The van der Waals surface area contributed by atoms with E-state index >= 15 is 0 Å². The molecule has 1 unspecified atom stereocenters. The number of benzene rings is 1. The quantitative estimate of drug-likeness (QED) is 0.768. The van der Waals surface area contributed by atoms with Gasteiger partial charge < -0.3 is 16.0 Å². The number of aryl methyl sites for hydroxylation is 2. The van der Waals surface area contributed by atoms with Crippen LogP contribution in [0.5, 0.6) is 0 Å². The molecule has 1 fully saturated rings. The molecule has 2 aromatic rings. The lowest BCUT2D eigenvalue weighted by Crippen LogP contribution is -2.47. The maximum atomic E-state index is 12.5. The van der Waals surface area contributed by atoms with E-state index in [0.29, 0.717) is 0 Å². The van der Waals surface area contributed by atoms with Gasteiger partial charge in [-0.1, -0.05) is 36.8 Å². The summed E-state index contributed by atoms with van der Waals surface area (Å²) < 4.78 is 0. The summed E-state index contributed by atoms with van der Waals surface area (Å²) in [6, 6.07) is 9.38. The molecule has 0 spiro atoms. The van der Waals surface area contributed by atoms with Crippen LogP contribution in [-0.4, -0.2) is 35.0 Å². The first-order valence-electron chi connectivity index (χ1n) is 9.25. The van der Waals surface area contributed by atoms with Crippen molar-refractivity contribution in [3.05, 3.63) is 53.5 Å². The smallest absolute Gasteiger partial charge is 0.241 e. The van der Waals surface area contributed by atoms with Gasteiger partial charge in [0.25, 0.3) is 0 Å². The van der Waals surface area contributed by atoms with Gasteiger partial charge in [-0.3, -0.25) is 4.79 Å². The highest BCUT2D eigenvalue weighted by molar-refractivity contribution is 5.85. The van der Waals surface area contributed by atoms with Crippen LogP contribution in [-0.2, 0) is 11.2 Å². The topological polar surface area (TPSA) is 84.1 Å². The van der Waals surface area contributed by atoms with Crippen LogP contribution in [0.25, 0.3) is 0 Å². The van der Waals surface area contributed by atoms with Crippen molar-refractivity contribution in [1.82, 2.24) is 15.3 Å². The molecule has 8 heteroatoms. The Morgan fingerprint density at radius 3 is 2.46 bits per heavy atom. The summed E-state index contributed by atoms with van der Waals surface area (Å²) in [5.74, 6) is 0.862. The Hall–Kier alpha value is -1.89. The SMILES string of the molecule is CCc1cc(N2CCC(NC(=O)C(N)c3ccc(C)cc3)CC2)ncn1.Cl.Cl. The third-order valence-corrected chi connectivity index (χ3v) is 4.96. The summed E-state index contributed by atoms with van der Waals surface area (Å²) in [7, 11) is 0. The van der Waals surface area contributed by atoms with Gasteiger partial charge in [-0.05, 0) is 31.7 Å². The van der Waals surface area contributed by atoms with Crippen LogP contribution in [0.15, 0.2) is 36.7 Å². The van der Waals surface area contributed by atoms with Gasteiger partial charge in [-0.15, -0.1) is 24.8 Å². The van der Waals surface area contributed by atoms with Gasteiger partial charge in [0.15, 0.2) is 0 Å². The minimum atomic E-state index is -0.623. The van der Waals surface area contributed by atoms with Crippen LogP contribution < -0.4 is 16.0 Å².